The van der Waals surface area contributed by atoms with Crippen molar-refractivity contribution in [2.24, 2.45) is 5.41 Å². The minimum atomic E-state index is -0.154. The molecule has 1 aromatic carbocycles. The van der Waals surface area contributed by atoms with Crippen LogP contribution in [0.5, 0.6) is 5.75 Å². The molecule has 2 aliphatic heterocycles. The average molecular weight is 325 g/mol. The molecule has 3 rings (SSSR count). The summed E-state index contributed by atoms with van der Waals surface area (Å²) in [5.74, 6) is 1.19. The molecular formula is C17H25ClN2O2. The summed E-state index contributed by atoms with van der Waals surface area (Å²) >= 11 is 0. The van der Waals surface area contributed by atoms with Crippen LogP contribution >= 0.6 is 12.4 Å². The van der Waals surface area contributed by atoms with Gasteiger partial charge in [-0.25, -0.2) is 0 Å². The fraction of sp³-hybridized carbons (Fsp3) is 0.588. The Kier molecular flexibility index (Phi) is 5.70. The van der Waals surface area contributed by atoms with E-state index in [4.69, 9.17) is 4.74 Å². The summed E-state index contributed by atoms with van der Waals surface area (Å²) < 4.78 is 5.41. The van der Waals surface area contributed by atoms with Crippen LogP contribution < -0.4 is 10.1 Å². The van der Waals surface area contributed by atoms with Gasteiger partial charge in [0.2, 0.25) is 5.91 Å². The Morgan fingerprint density at radius 2 is 2.05 bits per heavy atom. The number of benzene rings is 1. The van der Waals surface area contributed by atoms with Gasteiger partial charge in [0.15, 0.2) is 0 Å². The number of ether oxygens (including phenoxy) is 1. The van der Waals surface area contributed by atoms with Gasteiger partial charge in [0, 0.05) is 25.2 Å². The Morgan fingerprint density at radius 3 is 2.77 bits per heavy atom. The standard InChI is InChI=1S/C17H24N2O2.ClH/c1-21-15-7-3-2-6-14(15)12-19-11-5-9-17(16(19)20)8-4-10-18-13-17;/h2-3,6-7,18H,4-5,8-13H2,1H3;1H. The van der Waals surface area contributed by atoms with Gasteiger partial charge in [0.1, 0.15) is 5.75 Å². The number of halogens is 1. The molecule has 1 atom stereocenters. The Hall–Kier alpha value is -1.26. The number of rotatable bonds is 3. The first-order valence-corrected chi connectivity index (χ1v) is 7.87. The lowest BCUT2D eigenvalue weighted by Gasteiger charge is -2.44. The number of carbonyl (C=O) groups excluding carboxylic acids is 1. The second kappa shape index (κ2) is 7.34. The van der Waals surface area contributed by atoms with Crippen LogP contribution in [-0.2, 0) is 11.3 Å². The van der Waals surface area contributed by atoms with Gasteiger partial charge in [-0.2, -0.15) is 0 Å². The van der Waals surface area contributed by atoms with Crippen LogP contribution in [0.1, 0.15) is 31.2 Å². The van der Waals surface area contributed by atoms with E-state index in [1.807, 2.05) is 29.2 Å². The Balaban J connectivity index is 0.00000176. The molecule has 0 aliphatic carbocycles. The molecule has 1 spiro atoms. The molecule has 1 aromatic rings. The van der Waals surface area contributed by atoms with Crippen LogP contribution in [-0.4, -0.2) is 37.6 Å². The number of carbonyl (C=O) groups is 1. The van der Waals surface area contributed by atoms with E-state index in [-0.39, 0.29) is 17.8 Å². The Bertz CT molecular complexity index is 510. The monoisotopic (exact) mass is 324 g/mol. The highest BCUT2D eigenvalue weighted by Gasteiger charge is 2.44. The first-order valence-electron chi connectivity index (χ1n) is 7.87. The molecule has 1 unspecified atom stereocenters. The Labute approximate surface area is 138 Å². The zero-order valence-corrected chi connectivity index (χ0v) is 14.0. The molecule has 0 saturated carbocycles. The van der Waals surface area contributed by atoms with Crippen molar-refractivity contribution in [3.63, 3.8) is 0 Å². The van der Waals surface area contributed by atoms with Crippen molar-refractivity contribution in [3.8, 4) is 5.75 Å². The van der Waals surface area contributed by atoms with Gasteiger partial charge in [-0.1, -0.05) is 18.2 Å². The van der Waals surface area contributed by atoms with E-state index < -0.39 is 0 Å². The van der Waals surface area contributed by atoms with E-state index in [0.29, 0.717) is 12.5 Å². The van der Waals surface area contributed by atoms with Gasteiger partial charge >= 0.3 is 0 Å². The zero-order valence-electron chi connectivity index (χ0n) is 13.1. The van der Waals surface area contributed by atoms with Crippen LogP contribution in [0.2, 0.25) is 0 Å². The largest absolute Gasteiger partial charge is 0.496 e. The summed E-state index contributed by atoms with van der Waals surface area (Å²) in [4.78, 5) is 15.0. The van der Waals surface area contributed by atoms with Gasteiger partial charge < -0.3 is 15.0 Å². The van der Waals surface area contributed by atoms with E-state index in [2.05, 4.69) is 5.32 Å². The average Bonchev–Trinajstić information content (AvgIpc) is 2.53. The van der Waals surface area contributed by atoms with Crippen molar-refractivity contribution >= 4 is 18.3 Å². The number of piperidine rings is 2. The van der Waals surface area contributed by atoms with Crippen molar-refractivity contribution in [1.29, 1.82) is 0 Å². The lowest BCUT2D eigenvalue weighted by Crippen LogP contribution is -2.54. The SMILES string of the molecule is COc1ccccc1CN1CCCC2(CCCNC2)C1=O.Cl. The maximum absolute atomic E-state index is 13.0. The predicted octanol–water partition coefficient (Wildman–Crippen LogP) is 2.61. The maximum atomic E-state index is 13.0. The summed E-state index contributed by atoms with van der Waals surface area (Å²) in [6.45, 7) is 3.40. The lowest BCUT2D eigenvalue weighted by molar-refractivity contribution is -0.148. The summed E-state index contributed by atoms with van der Waals surface area (Å²) in [6, 6.07) is 7.98. The third-order valence-electron chi connectivity index (χ3n) is 4.85. The molecule has 122 valence electrons. The van der Waals surface area contributed by atoms with Gasteiger partial charge in [-0.3, -0.25) is 4.79 Å². The number of methoxy groups -OCH3 is 1. The van der Waals surface area contributed by atoms with E-state index >= 15 is 0 Å². The molecule has 1 N–H and O–H groups in total. The number of amides is 1. The maximum Gasteiger partial charge on any atom is 0.230 e. The number of hydrogen-bond acceptors (Lipinski definition) is 3. The second-order valence-corrected chi connectivity index (χ2v) is 6.20. The summed E-state index contributed by atoms with van der Waals surface area (Å²) in [7, 11) is 1.68. The quantitative estimate of drug-likeness (QED) is 0.929. The van der Waals surface area contributed by atoms with Crippen molar-refractivity contribution < 1.29 is 9.53 Å². The minimum absolute atomic E-state index is 0. The first-order chi connectivity index (χ1) is 10.2. The van der Waals surface area contributed by atoms with Crippen LogP contribution in [0.3, 0.4) is 0 Å². The number of likely N-dealkylation sites (tertiary alicyclic amines) is 1. The van der Waals surface area contributed by atoms with Crippen LogP contribution in [0.4, 0.5) is 0 Å². The van der Waals surface area contributed by atoms with Crippen LogP contribution in [0.15, 0.2) is 24.3 Å². The number of nitrogens with zero attached hydrogens (tertiary/aromatic N) is 1. The molecule has 0 aromatic heterocycles. The molecule has 2 heterocycles. The number of para-hydroxylation sites is 1. The van der Waals surface area contributed by atoms with E-state index in [1.54, 1.807) is 7.11 Å². The van der Waals surface area contributed by atoms with Crippen LogP contribution in [0, 0.1) is 5.41 Å². The third-order valence-corrected chi connectivity index (χ3v) is 4.85. The van der Waals surface area contributed by atoms with Gasteiger partial charge in [0.05, 0.1) is 12.5 Å². The van der Waals surface area contributed by atoms with E-state index in [1.165, 1.54) is 0 Å². The summed E-state index contributed by atoms with van der Waals surface area (Å²) in [6.07, 6.45) is 4.26. The van der Waals surface area contributed by atoms with Gasteiger partial charge in [-0.05, 0) is 38.3 Å². The van der Waals surface area contributed by atoms with Gasteiger partial charge in [0.25, 0.3) is 0 Å². The normalized spacial score (nSPS) is 25.0. The molecule has 22 heavy (non-hydrogen) atoms. The molecule has 4 nitrogen and oxygen atoms in total. The topological polar surface area (TPSA) is 41.6 Å². The van der Waals surface area contributed by atoms with Crippen molar-refractivity contribution in [2.75, 3.05) is 26.7 Å². The molecule has 2 aliphatic rings. The van der Waals surface area contributed by atoms with Crippen molar-refractivity contribution in [1.82, 2.24) is 10.2 Å². The molecule has 1 amide bonds. The molecule has 5 heteroatoms. The number of hydrogen-bond donors (Lipinski definition) is 1. The molecule has 2 fully saturated rings. The number of nitrogens with one attached hydrogen (secondary N) is 1. The van der Waals surface area contributed by atoms with E-state index in [9.17, 15) is 4.79 Å². The Morgan fingerprint density at radius 1 is 1.27 bits per heavy atom. The highest BCUT2D eigenvalue weighted by Crippen LogP contribution is 2.38. The highest BCUT2D eigenvalue weighted by atomic mass is 35.5. The molecule has 0 radical (unpaired) electrons. The molecule has 0 bridgehead atoms. The predicted molar refractivity (Wildman–Crippen MR) is 89.4 cm³/mol. The second-order valence-electron chi connectivity index (χ2n) is 6.20. The summed E-state index contributed by atoms with van der Waals surface area (Å²) in [5.41, 5.74) is 0.938. The summed E-state index contributed by atoms with van der Waals surface area (Å²) in [5, 5.41) is 3.41. The van der Waals surface area contributed by atoms with Gasteiger partial charge in [-0.15, -0.1) is 12.4 Å². The fourth-order valence-corrected chi connectivity index (χ4v) is 3.71. The smallest absolute Gasteiger partial charge is 0.230 e. The first kappa shape index (κ1) is 17.1. The molecular weight excluding hydrogens is 300 g/mol. The molecule has 2 saturated heterocycles. The van der Waals surface area contributed by atoms with Crippen molar-refractivity contribution in [2.45, 2.75) is 32.2 Å². The third kappa shape index (κ3) is 3.23. The van der Waals surface area contributed by atoms with Crippen molar-refractivity contribution in [3.05, 3.63) is 29.8 Å². The van der Waals surface area contributed by atoms with Crippen LogP contribution in [0.25, 0.3) is 0 Å². The lowest BCUT2D eigenvalue weighted by atomic mass is 9.73. The zero-order chi connectivity index (χ0) is 14.7. The highest BCUT2D eigenvalue weighted by molar-refractivity contribution is 5.85. The fourth-order valence-electron chi connectivity index (χ4n) is 3.71. The minimum Gasteiger partial charge on any atom is -0.496 e. The van der Waals surface area contributed by atoms with E-state index in [0.717, 1.165) is 56.6 Å².